The van der Waals surface area contributed by atoms with E-state index in [0.717, 1.165) is 19.3 Å². The second-order valence-corrected chi connectivity index (χ2v) is 6.29. The molecule has 0 radical (unpaired) electrons. The molecule has 0 bridgehead atoms. The van der Waals surface area contributed by atoms with Gasteiger partial charge in [-0.15, -0.1) is 0 Å². The van der Waals surface area contributed by atoms with Crippen molar-refractivity contribution in [3.05, 3.63) is 17.5 Å². The molecule has 132 valence electrons. The molecule has 1 aliphatic heterocycles. The van der Waals surface area contributed by atoms with Crippen molar-refractivity contribution in [2.24, 2.45) is 0 Å². The van der Waals surface area contributed by atoms with Gasteiger partial charge in [0.2, 0.25) is 0 Å². The first-order valence-electron chi connectivity index (χ1n) is 8.00. The standard InChI is InChI=1S/C16H23N3O4S/c1-5-7-10(6-2)23-16(21)19-9-12-11(13(19)14(20)22-3)8-17-15(18-12)24-4/h8,10,13H,5-7,9H2,1-4H3. The van der Waals surface area contributed by atoms with E-state index in [4.69, 9.17) is 9.47 Å². The van der Waals surface area contributed by atoms with Gasteiger partial charge < -0.3 is 9.47 Å². The zero-order chi connectivity index (χ0) is 17.7. The number of esters is 1. The Hall–Kier alpha value is -1.83. The van der Waals surface area contributed by atoms with Crippen LogP contribution in [-0.4, -0.2) is 46.4 Å². The van der Waals surface area contributed by atoms with Crippen LogP contribution in [-0.2, 0) is 20.8 Å². The minimum Gasteiger partial charge on any atom is -0.467 e. The molecule has 0 saturated heterocycles. The maximum atomic E-state index is 12.6. The van der Waals surface area contributed by atoms with E-state index in [1.54, 1.807) is 6.20 Å². The number of aromatic nitrogens is 2. The number of methoxy groups -OCH3 is 1. The minimum atomic E-state index is -0.854. The lowest BCUT2D eigenvalue weighted by atomic mass is 10.1. The fourth-order valence-corrected chi connectivity index (χ4v) is 3.06. The van der Waals surface area contributed by atoms with Crippen LogP contribution in [0.3, 0.4) is 0 Å². The molecule has 1 aromatic heterocycles. The zero-order valence-electron chi connectivity index (χ0n) is 14.4. The van der Waals surface area contributed by atoms with Crippen molar-refractivity contribution in [1.29, 1.82) is 0 Å². The number of hydrogen-bond acceptors (Lipinski definition) is 7. The lowest BCUT2D eigenvalue weighted by molar-refractivity contribution is -0.146. The van der Waals surface area contributed by atoms with Crippen LogP contribution in [0.15, 0.2) is 11.4 Å². The molecule has 0 N–H and O–H groups in total. The summed E-state index contributed by atoms with van der Waals surface area (Å²) in [7, 11) is 1.30. The summed E-state index contributed by atoms with van der Waals surface area (Å²) < 4.78 is 10.4. The number of ether oxygens (including phenoxy) is 2. The highest BCUT2D eigenvalue weighted by atomic mass is 32.2. The molecule has 7 nitrogen and oxygen atoms in total. The highest BCUT2D eigenvalue weighted by Gasteiger charge is 2.42. The van der Waals surface area contributed by atoms with Gasteiger partial charge in [0.1, 0.15) is 6.10 Å². The molecule has 0 aromatic carbocycles. The van der Waals surface area contributed by atoms with Gasteiger partial charge in [-0.2, -0.15) is 0 Å². The fourth-order valence-electron chi connectivity index (χ4n) is 2.70. The molecule has 1 amide bonds. The third kappa shape index (κ3) is 3.80. The summed E-state index contributed by atoms with van der Waals surface area (Å²) in [5, 5.41) is 0.602. The van der Waals surface area contributed by atoms with Crippen LogP contribution in [0.2, 0.25) is 0 Å². The number of rotatable bonds is 6. The summed E-state index contributed by atoms with van der Waals surface area (Å²) in [4.78, 5) is 34.8. The summed E-state index contributed by atoms with van der Waals surface area (Å²) in [6.07, 6.45) is 5.24. The van der Waals surface area contributed by atoms with Crippen molar-refractivity contribution in [2.45, 2.75) is 57.0 Å². The molecule has 0 aliphatic carbocycles. The molecule has 0 spiro atoms. The third-order valence-corrected chi connectivity index (χ3v) is 4.54. The molecule has 0 saturated carbocycles. The largest absolute Gasteiger partial charge is 0.467 e. The Kier molecular flexibility index (Phi) is 6.42. The van der Waals surface area contributed by atoms with Crippen molar-refractivity contribution in [2.75, 3.05) is 13.4 Å². The van der Waals surface area contributed by atoms with Crippen LogP contribution < -0.4 is 0 Å². The Morgan fingerprint density at radius 3 is 2.79 bits per heavy atom. The molecule has 1 aromatic rings. The van der Waals surface area contributed by atoms with Crippen molar-refractivity contribution in [3.63, 3.8) is 0 Å². The summed E-state index contributed by atoms with van der Waals surface area (Å²) in [6, 6.07) is -0.854. The summed E-state index contributed by atoms with van der Waals surface area (Å²) in [5.74, 6) is -0.519. The average Bonchev–Trinajstić information content (AvgIpc) is 2.99. The van der Waals surface area contributed by atoms with Crippen molar-refractivity contribution >= 4 is 23.8 Å². The van der Waals surface area contributed by atoms with E-state index in [0.29, 0.717) is 16.4 Å². The number of nitrogens with zero attached hydrogens (tertiary/aromatic N) is 3. The smallest absolute Gasteiger partial charge is 0.411 e. The molecular formula is C16H23N3O4S. The maximum Gasteiger partial charge on any atom is 0.411 e. The monoisotopic (exact) mass is 353 g/mol. The predicted octanol–water partition coefficient (Wildman–Crippen LogP) is 2.94. The van der Waals surface area contributed by atoms with Crippen molar-refractivity contribution in [3.8, 4) is 0 Å². The lowest BCUT2D eigenvalue weighted by Gasteiger charge is -2.25. The summed E-state index contributed by atoms with van der Waals surface area (Å²) in [5.41, 5.74) is 1.25. The molecule has 2 heterocycles. The van der Waals surface area contributed by atoms with Crippen LogP contribution in [0, 0.1) is 0 Å². The molecule has 8 heteroatoms. The maximum absolute atomic E-state index is 12.6. The van der Waals surface area contributed by atoms with Gasteiger partial charge in [-0.25, -0.2) is 19.6 Å². The van der Waals surface area contributed by atoms with Gasteiger partial charge in [0.25, 0.3) is 0 Å². The Balaban J connectivity index is 2.25. The Morgan fingerprint density at radius 2 is 2.21 bits per heavy atom. The van der Waals surface area contributed by atoms with Gasteiger partial charge in [-0.3, -0.25) is 4.90 Å². The zero-order valence-corrected chi connectivity index (χ0v) is 15.3. The lowest BCUT2D eigenvalue weighted by Crippen LogP contribution is -2.36. The second-order valence-electron chi connectivity index (χ2n) is 5.52. The van der Waals surface area contributed by atoms with E-state index in [1.165, 1.54) is 23.8 Å². The second kappa shape index (κ2) is 8.32. The topological polar surface area (TPSA) is 81.6 Å². The van der Waals surface area contributed by atoms with Crippen molar-refractivity contribution < 1.29 is 19.1 Å². The van der Waals surface area contributed by atoms with Crippen LogP contribution >= 0.6 is 11.8 Å². The highest BCUT2D eigenvalue weighted by molar-refractivity contribution is 7.98. The minimum absolute atomic E-state index is 0.155. The van der Waals surface area contributed by atoms with E-state index in [2.05, 4.69) is 9.97 Å². The Bertz CT molecular complexity index is 611. The van der Waals surface area contributed by atoms with E-state index >= 15 is 0 Å². The average molecular weight is 353 g/mol. The Morgan fingerprint density at radius 1 is 1.46 bits per heavy atom. The number of fused-ring (bicyclic) bond motifs is 1. The predicted molar refractivity (Wildman–Crippen MR) is 89.6 cm³/mol. The molecule has 0 fully saturated rings. The van der Waals surface area contributed by atoms with Gasteiger partial charge in [0, 0.05) is 11.8 Å². The highest BCUT2D eigenvalue weighted by Crippen LogP contribution is 2.34. The first-order chi connectivity index (χ1) is 11.5. The van der Waals surface area contributed by atoms with Gasteiger partial charge in [-0.1, -0.05) is 32.0 Å². The van der Waals surface area contributed by atoms with E-state index in [9.17, 15) is 9.59 Å². The Labute approximate surface area is 146 Å². The summed E-state index contributed by atoms with van der Waals surface area (Å²) in [6.45, 7) is 4.23. The van der Waals surface area contributed by atoms with Gasteiger partial charge >= 0.3 is 12.1 Å². The fraction of sp³-hybridized carbons (Fsp3) is 0.625. The first kappa shape index (κ1) is 18.5. The molecule has 2 unspecified atom stereocenters. The van der Waals surface area contributed by atoms with E-state index in [1.807, 2.05) is 20.1 Å². The number of thioether (sulfide) groups is 1. The number of carbonyl (C=O) groups is 2. The summed E-state index contributed by atoms with van der Waals surface area (Å²) >= 11 is 1.41. The number of hydrogen-bond donors (Lipinski definition) is 0. The SMILES string of the molecule is CCCC(CC)OC(=O)N1Cc2nc(SC)ncc2C1C(=O)OC. The quantitative estimate of drug-likeness (QED) is 0.442. The van der Waals surface area contributed by atoms with Crippen LogP contribution in [0.5, 0.6) is 0 Å². The molecule has 2 rings (SSSR count). The molecule has 24 heavy (non-hydrogen) atoms. The van der Waals surface area contributed by atoms with Crippen LogP contribution in [0.1, 0.15) is 50.4 Å². The molecule has 2 atom stereocenters. The van der Waals surface area contributed by atoms with Gasteiger partial charge in [0.05, 0.1) is 19.3 Å². The van der Waals surface area contributed by atoms with Crippen LogP contribution in [0.25, 0.3) is 0 Å². The van der Waals surface area contributed by atoms with E-state index in [-0.39, 0.29) is 12.6 Å². The number of carbonyl (C=O) groups excluding carboxylic acids is 2. The normalized spacial score (nSPS) is 17.3. The van der Waals surface area contributed by atoms with Gasteiger partial charge in [0.15, 0.2) is 11.2 Å². The van der Waals surface area contributed by atoms with Gasteiger partial charge in [-0.05, 0) is 19.1 Å². The molecule has 1 aliphatic rings. The first-order valence-corrected chi connectivity index (χ1v) is 9.22. The number of amides is 1. The third-order valence-electron chi connectivity index (χ3n) is 3.98. The van der Waals surface area contributed by atoms with Crippen LogP contribution in [0.4, 0.5) is 4.79 Å². The van der Waals surface area contributed by atoms with Crippen molar-refractivity contribution in [1.82, 2.24) is 14.9 Å². The molecular weight excluding hydrogens is 330 g/mol. The van der Waals surface area contributed by atoms with E-state index < -0.39 is 18.1 Å².